The van der Waals surface area contributed by atoms with Crippen molar-refractivity contribution >= 4 is 34.8 Å². The Bertz CT molecular complexity index is 425. The Hall–Kier alpha value is -0.710. The molecule has 0 aliphatic heterocycles. The third kappa shape index (κ3) is 4.14. The van der Waals surface area contributed by atoms with Crippen LogP contribution in [0.15, 0.2) is 6.07 Å². The van der Waals surface area contributed by atoms with Crippen molar-refractivity contribution in [2.75, 3.05) is 37.5 Å². The van der Waals surface area contributed by atoms with E-state index in [1.54, 1.807) is 20.2 Å². The molecule has 6 heteroatoms. The molecule has 1 aromatic heterocycles. The normalized spacial score (nSPS) is 10.9. The number of methoxy groups -OCH3 is 1. The van der Waals surface area contributed by atoms with E-state index in [4.69, 9.17) is 27.9 Å². The highest BCUT2D eigenvalue weighted by molar-refractivity contribution is 6.37. The highest BCUT2D eigenvalue weighted by Crippen LogP contribution is 2.33. The average molecular weight is 320 g/mol. The SMILES string of the molecule is CCC(CC)N(CCOC)c1nc(NC)c(Cl)cc1Cl. The second kappa shape index (κ2) is 8.55. The lowest BCUT2D eigenvalue weighted by Gasteiger charge is -2.32. The molecule has 0 bridgehead atoms. The zero-order chi connectivity index (χ0) is 15.1. The molecular formula is C14H23Cl2N3O. The van der Waals surface area contributed by atoms with E-state index in [2.05, 4.69) is 29.0 Å². The summed E-state index contributed by atoms with van der Waals surface area (Å²) in [7, 11) is 3.49. The maximum absolute atomic E-state index is 6.33. The fourth-order valence-corrected chi connectivity index (χ4v) is 2.78. The lowest BCUT2D eigenvalue weighted by atomic mass is 10.1. The second-order valence-corrected chi connectivity index (χ2v) is 5.35. The van der Waals surface area contributed by atoms with Crippen molar-refractivity contribution in [1.29, 1.82) is 0 Å². The van der Waals surface area contributed by atoms with Gasteiger partial charge in [-0.15, -0.1) is 0 Å². The molecule has 20 heavy (non-hydrogen) atoms. The van der Waals surface area contributed by atoms with Crippen molar-refractivity contribution in [3.63, 3.8) is 0 Å². The van der Waals surface area contributed by atoms with E-state index in [0.29, 0.717) is 28.5 Å². The lowest BCUT2D eigenvalue weighted by molar-refractivity contribution is 0.202. The standard InChI is InChI=1S/C14H23Cl2N3O/c1-5-10(6-2)19(7-8-20-4)14-12(16)9-11(15)13(17-3)18-14/h9-10H,5-8H2,1-4H3,(H,17,18). The Morgan fingerprint density at radius 3 is 2.45 bits per heavy atom. The first kappa shape index (κ1) is 17.3. The van der Waals surface area contributed by atoms with Crippen molar-refractivity contribution in [2.24, 2.45) is 0 Å². The summed E-state index contributed by atoms with van der Waals surface area (Å²) in [4.78, 5) is 6.75. The number of hydrogen-bond acceptors (Lipinski definition) is 4. The molecule has 1 heterocycles. The van der Waals surface area contributed by atoms with Crippen molar-refractivity contribution in [3.05, 3.63) is 16.1 Å². The molecule has 0 aromatic carbocycles. The average Bonchev–Trinajstić information content (AvgIpc) is 2.44. The fraction of sp³-hybridized carbons (Fsp3) is 0.643. The quantitative estimate of drug-likeness (QED) is 0.783. The van der Waals surface area contributed by atoms with Crippen molar-refractivity contribution < 1.29 is 4.74 Å². The van der Waals surface area contributed by atoms with Crippen molar-refractivity contribution in [3.8, 4) is 0 Å². The summed E-state index contributed by atoms with van der Waals surface area (Å²) in [6, 6.07) is 2.11. The predicted octanol–water partition coefficient (Wildman–Crippen LogP) is 4.07. The van der Waals surface area contributed by atoms with Gasteiger partial charge in [-0.2, -0.15) is 0 Å². The molecule has 1 N–H and O–H groups in total. The van der Waals surface area contributed by atoms with Gasteiger partial charge in [-0.25, -0.2) is 4.98 Å². The number of pyridine rings is 1. The number of halogens is 2. The van der Waals surface area contributed by atoms with Crippen LogP contribution < -0.4 is 10.2 Å². The maximum atomic E-state index is 6.33. The van der Waals surface area contributed by atoms with Crippen LogP contribution in [0.5, 0.6) is 0 Å². The summed E-state index contributed by atoms with van der Waals surface area (Å²) in [6.45, 7) is 5.71. The van der Waals surface area contributed by atoms with Gasteiger partial charge in [0.15, 0.2) is 0 Å². The highest BCUT2D eigenvalue weighted by Gasteiger charge is 2.21. The minimum Gasteiger partial charge on any atom is -0.383 e. The molecule has 0 fully saturated rings. The molecule has 0 amide bonds. The molecule has 1 rings (SSSR count). The fourth-order valence-electron chi connectivity index (χ4n) is 2.21. The summed E-state index contributed by atoms with van der Waals surface area (Å²) in [5.74, 6) is 1.39. The minimum absolute atomic E-state index is 0.376. The van der Waals surface area contributed by atoms with Gasteiger partial charge in [-0.1, -0.05) is 37.0 Å². The predicted molar refractivity (Wildman–Crippen MR) is 87.4 cm³/mol. The van der Waals surface area contributed by atoms with Gasteiger partial charge < -0.3 is 15.0 Å². The van der Waals surface area contributed by atoms with Crippen LogP contribution >= 0.6 is 23.2 Å². The van der Waals surface area contributed by atoms with Crippen molar-refractivity contribution in [2.45, 2.75) is 32.7 Å². The number of hydrogen-bond donors (Lipinski definition) is 1. The number of aromatic nitrogens is 1. The smallest absolute Gasteiger partial charge is 0.150 e. The van der Waals surface area contributed by atoms with Crippen LogP contribution in [0.25, 0.3) is 0 Å². The molecule has 0 saturated carbocycles. The molecule has 0 aliphatic carbocycles. The van der Waals surface area contributed by atoms with Crippen LogP contribution in [0.4, 0.5) is 11.6 Å². The topological polar surface area (TPSA) is 37.4 Å². The van der Waals surface area contributed by atoms with E-state index in [1.807, 2.05) is 0 Å². The van der Waals surface area contributed by atoms with E-state index >= 15 is 0 Å². The number of nitrogens with zero attached hydrogens (tertiary/aromatic N) is 2. The summed E-state index contributed by atoms with van der Waals surface area (Å²) in [5, 5.41) is 4.08. The first-order valence-electron chi connectivity index (χ1n) is 6.88. The Kier molecular flexibility index (Phi) is 7.41. The Morgan fingerprint density at radius 2 is 1.95 bits per heavy atom. The van der Waals surface area contributed by atoms with Crippen LogP contribution in [0.3, 0.4) is 0 Å². The third-order valence-corrected chi connectivity index (χ3v) is 3.91. The van der Waals surface area contributed by atoms with E-state index in [1.165, 1.54) is 0 Å². The largest absolute Gasteiger partial charge is 0.383 e. The van der Waals surface area contributed by atoms with Crippen LogP contribution in [-0.4, -0.2) is 38.3 Å². The molecular weight excluding hydrogens is 297 g/mol. The first-order valence-corrected chi connectivity index (χ1v) is 7.63. The van der Waals surface area contributed by atoms with E-state index in [9.17, 15) is 0 Å². The lowest BCUT2D eigenvalue weighted by Crippen LogP contribution is -2.38. The summed E-state index contributed by atoms with van der Waals surface area (Å²) in [5.41, 5.74) is 0. The summed E-state index contributed by atoms with van der Waals surface area (Å²) in [6.07, 6.45) is 2.05. The van der Waals surface area contributed by atoms with Crippen LogP contribution in [0.2, 0.25) is 10.0 Å². The molecule has 0 aliphatic rings. The van der Waals surface area contributed by atoms with Gasteiger partial charge in [0.05, 0.1) is 16.7 Å². The van der Waals surface area contributed by atoms with Crippen LogP contribution in [0, 0.1) is 0 Å². The Morgan fingerprint density at radius 1 is 1.30 bits per heavy atom. The zero-order valence-electron chi connectivity index (χ0n) is 12.5. The van der Waals surface area contributed by atoms with Crippen LogP contribution in [0.1, 0.15) is 26.7 Å². The molecule has 0 radical (unpaired) electrons. The van der Waals surface area contributed by atoms with Gasteiger partial charge in [0, 0.05) is 26.7 Å². The summed E-state index contributed by atoms with van der Waals surface area (Å²) < 4.78 is 5.20. The number of rotatable bonds is 8. The number of anilines is 2. The minimum atomic E-state index is 0.376. The van der Waals surface area contributed by atoms with Gasteiger partial charge in [0.1, 0.15) is 11.6 Å². The Balaban J connectivity index is 3.17. The number of nitrogens with one attached hydrogen (secondary N) is 1. The van der Waals surface area contributed by atoms with Crippen molar-refractivity contribution in [1.82, 2.24) is 4.98 Å². The molecule has 114 valence electrons. The van der Waals surface area contributed by atoms with E-state index in [-0.39, 0.29) is 0 Å². The number of ether oxygens (including phenoxy) is 1. The van der Waals surface area contributed by atoms with Crippen LogP contribution in [-0.2, 0) is 4.74 Å². The summed E-state index contributed by atoms with van der Waals surface area (Å²) >= 11 is 12.4. The monoisotopic (exact) mass is 319 g/mol. The first-order chi connectivity index (χ1) is 9.58. The molecule has 0 atom stereocenters. The third-order valence-electron chi connectivity index (χ3n) is 3.34. The van der Waals surface area contributed by atoms with Gasteiger partial charge in [-0.05, 0) is 18.9 Å². The molecule has 0 spiro atoms. The molecule has 1 aromatic rings. The van der Waals surface area contributed by atoms with Gasteiger partial charge in [0.25, 0.3) is 0 Å². The Labute approximate surface area is 131 Å². The highest BCUT2D eigenvalue weighted by atomic mass is 35.5. The second-order valence-electron chi connectivity index (χ2n) is 4.53. The molecule has 0 unspecified atom stereocenters. The maximum Gasteiger partial charge on any atom is 0.150 e. The van der Waals surface area contributed by atoms with Gasteiger partial charge in [0.2, 0.25) is 0 Å². The van der Waals surface area contributed by atoms with Gasteiger partial charge in [-0.3, -0.25) is 0 Å². The zero-order valence-corrected chi connectivity index (χ0v) is 14.1. The van der Waals surface area contributed by atoms with E-state index in [0.717, 1.165) is 25.2 Å². The van der Waals surface area contributed by atoms with E-state index < -0.39 is 0 Å². The van der Waals surface area contributed by atoms with Gasteiger partial charge >= 0.3 is 0 Å². The molecule has 0 saturated heterocycles. The molecule has 4 nitrogen and oxygen atoms in total.